The molecule has 0 aliphatic carbocycles. The maximum absolute atomic E-state index is 14.8. The van der Waals surface area contributed by atoms with Gasteiger partial charge in [0, 0.05) is 30.1 Å². The van der Waals surface area contributed by atoms with Gasteiger partial charge in [-0.25, -0.2) is 22.2 Å². The molecule has 2 aromatic carbocycles. The van der Waals surface area contributed by atoms with Crippen molar-refractivity contribution in [3.63, 3.8) is 0 Å². The van der Waals surface area contributed by atoms with Crippen LogP contribution in [0.4, 0.5) is 8.78 Å². The minimum Gasteiger partial charge on any atom is -0.508 e. The van der Waals surface area contributed by atoms with Crippen molar-refractivity contribution in [2.75, 3.05) is 13.1 Å². The number of aromatic nitrogens is 1. The number of pyridine rings is 1. The van der Waals surface area contributed by atoms with Crippen LogP contribution < -0.4 is 0 Å². The largest absolute Gasteiger partial charge is 0.508 e. The number of hydrogen-bond donors (Lipinski definition) is 1. The smallest absolute Gasteiger partial charge is 0.243 e. The van der Waals surface area contributed by atoms with Gasteiger partial charge in [0.05, 0.1) is 16.1 Å². The number of hydrogen-bond acceptors (Lipinski definition) is 4. The van der Waals surface area contributed by atoms with Crippen molar-refractivity contribution in [3.8, 4) is 17.0 Å². The van der Waals surface area contributed by atoms with Gasteiger partial charge in [0.25, 0.3) is 0 Å². The van der Waals surface area contributed by atoms with Crippen molar-refractivity contribution in [1.29, 1.82) is 0 Å². The maximum Gasteiger partial charge on any atom is 0.243 e. The molecule has 1 atom stereocenters. The average molecular weight is 404 g/mol. The van der Waals surface area contributed by atoms with Gasteiger partial charge in [-0.15, -0.1) is 0 Å². The first-order valence-corrected chi connectivity index (χ1v) is 10.2. The minimum atomic E-state index is -3.94. The molecule has 0 bridgehead atoms. The summed E-state index contributed by atoms with van der Waals surface area (Å²) in [5, 5.41) is 10.5. The third kappa shape index (κ3) is 3.22. The first kappa shape index (κ1) is 18.8. The molecular formula is C20H18F2N2O3S. The van der Waals surface area contributed by atoms with Crippen LogP contribution >= 0.6 is 0 Å². The number of halogens is 2. The molecule has 3 aromatic rings. The first-order chi connectivity index (χ1) is 13.3. The highest BCUT2D eigenvalue weighted by atomic mass is 32.2. The lowest BCUT2D eigenvalue weighted by atomic mass is 10.0. The molecule has 1 aliphatic rings. The maximum atomic E-state index is 14.8. The van der Waals surface area contributed by atoms with Crippen LogP contribution in [-0.4, -0.2) is 42.1 Å². The number of phenolic OH excluding ortho intramolecular Hbond substituents is 1. The summed E-state index contributed by atoms with van der Waals surface area (Å²) >= 11 is 0. The topological polar surface area (TPSA) is 70.5 Å². The zero-order valence-electron chi connectivity index (χ0n) is 15.1. The highest BCUT2D eigenvalue weighted by Crippen LogP contribution is 2.30. The lowest BCUT2D eigenvalue weighted by Gasteiger charge is -2.16. The number of aryl methyl sites for hydroxylation is 1. The monoisotopic (exact) mass is 404 g/mol. The van der Waals surface area contributed by atoms with Gasteiger partial charge in [-0.3, -0.25) is 0 Å². The van der Waals surface area contributed by atoms with Gasteiger partial charge in [0.2, 0.25) is 10.0 Å². The quantitative estimate of drug-likeness (QED) is 0.721. The highest BCUT2D eigenvalue weighted by molar-refractivity contribution is 7.89. The Balaban J connectivity index is 1.75. The van der Waals surface area contributed by atoms with Crippen LogP contribution in [-0.2, 0) is 10.0 Å². The molecule has 1 aromatic heterocycles. The molecule has 1 saturated heterocycles. The van der Waals surface area contributed by atoms with Gasteiger partial charge in [0.1, 0.15) is 17.7 Å². The number of alkyl halides is 1. The predicted molar refractivity (Wildman–Crippen MR) is 102 cm³/mol. The normalized spacial score (nSPS) is 18.0. The molecule has 146 valence electrons. The number of rotatable bonds is 3. The van der Waals surface area contributed by atoms with Gasteiger partial charge in [0.15, 0.2) is 0 Å². The third-order valence-corrected chi connectivity index (χ3v) is 6.81. The summed E-state index contributed by atoms with van der Waals surface area (Å²) in [5.41, 5.74) is 1.85. The number of benzene rings is 2. The summed E-state index contributed by atoms with van der Waals surface area (Å²) in [6, 6.07) is 10.1. The first-order valence-electron chi connectivity index (χ1n) is 8.80. The molecule has 1 fully saturated rings. The van der Waals surface area contributed by atoms with Crippen molar-refractivity contribution >= 4 is 20.9 Å². The fraction of sp³-hybridized carbons (Fsp3) is 0.250. The van der Waals surface area contributed by atoms with Gasteiger partial charge < -0.3 is 5.11 Å². The van der Waals surface area contributed by atoms with Gasteiger partial charge in [-0.05, 0) is 55.3 Å². The van der Waals surface area contributed by atoms with Crippen molar-refractivity contribution in [2.45, 2.75) is 24.4 Å². The van der Waals surface area contributed by atoms with Crippen molar-refractivity contribution in [2.24, 2.45) is 0 Å². The Morgan fingerprint density at radius 1 is 1.18 bits per heavy atom. The number of phenols is 1. The van der Waals surface area contributed by atoms with E-state index in [4.69, 9.17) is 0 Å². The predicted octanol–water partition coefficient (Wildman–Crippen LogP) is 3.79. The second-order valence-corrected chi connectivity index (χ2v) is 8.85. The van der Waals surface area contributed by atoms with E-state index in [-0.39, 0.29) is 35.7 Å². The Kier molecular flexibility index (Phi) is 4.55. The molecule has 28 heavy (non-hydrogen) atoms. The van der Waals surface area contributed by atoms with E-state index in [2.05, 4.69) is 4.98 Å². The fourth-order valence-corrected chi connectivity index (χ4v) is 4.94. The zero-order valence-corrected chi connectivity index (χ0v) is 15.9. The van der Waals surface area contributed by atoms with Crippen molar-refractivity contribution < 1.29 is 22.3 Å². The van der Waals surface area contributed by atoms with E-state index in [0.717, 1.165) is 21.3 Å². The SMILES string of the molecule is Cc1cc(-c2ccc(S(=O)(=O)N3CC[C@H](F)C3)cc2F)nc2cc(O)ccc12. The number of sulfonamides is 1. The number of nitrogens with zero attached hydrogens (tertiary/aromatic N) is 2. The molecule has 0 saturated carbocycles. The second-order valence-electron chi connectivity index (χ2n) is 6.92. The fourth-order valence-electron chi connectivity index (χ4n) is 3.45. The van der Waals surface area contributed by atoms with E-state index >= 15 is 0 Å². The number of fused-ring (bicyclic) bond motifs is 1. The van der Waals surface area contributed by atoms with E-state index in [1.165, 1.54) is 18.2 Å². The lowest BCUT2D eigenvalue weighted by Crippen LogP contribution is -2.29. The Bertz CT molecular complexity index is 1180. The van der Waals surface area contributed by atoms with Crippen LogP contribution in [0.25, 0.3) is 22.2 Å². The Hall–Kier alpha value is -2.58. The van der Waals surface area contributed by atoms with Crippen LogP contribution in [0.1, 0.15) is 12.0 Å². The highest BCUT2D eigenvalue weighted by Gasteiger charge is 2.33. The van der Waals surface area contributed by atoms with E-state index in [1.807, 2.05) is 6.92 Å². The summed E-state index contributed by atoms with van der Waals surface area (Å²) in [5.74, 6) is -0.682. The summed E-state index contributed by atoms with van der Waals surface area (Å²) in [6.45, 7) is 1.73. The van der Waals surface area contributed by atoms with E-state index in [9.17, 15) is 22.3 Å². The lowest BCUT2D eigenvalue weighted by molar-refractivity contribution is 0.343. The Morgan fingerprint density at radius 3 is 2.64 bits per heavy atom. The van der Waals surface area contributed by atoms with Gasteiger partial charge in [-0.2, -0.15) is 4.31 Å². The molecule has 8 heteroatoms. The molecule has 5 nitrogen and oxygen atoms in total. The second kappa shape index (κ2) is 6.79. The molecule has 1 aliphatic heterocycles. The van der Waals surface area contributed by atoms with E-state index < -0.39 is 22.0 Å². The van der Waals surface area contributed by atoms with E-state index in [1.54, 1.807) is 18.2 Å². The summed E-state index contributed by atoms with van der Waals surface area (Å²) in [4.78, 5) is 4.19. The van der Waals surface area contributed by atoms with Crippen LogP contribution in [0.2, 0.25) is 0 Å². The van der Waals surface area contributed by atoms with Crippen molar-refractivity contribution in [1.82, 2.24) is 9.29 Å². The van der Waals surface area contributed by atoms with Gasteiger partial charge in [-0.1, -0.05) is 0 Å². The number of aromatic hydroxyl groups is 1. The molecule has 0 unspecified atom stereocenters. The van der Waals surface area contributed by atoms with Gasteiger partial charge >= 0.3 is 0 Å². The minimum absolute atomic E-state index is 0.0512. The van der Waals surface area contributed by atoms with E-state index in [0.29, 0.717) is 11.2 Å². The Labute approximate surface area is 161 Å². The summed E-state index contributed by atoms with van der Waals surface area (Å²) in [6.07, 6.45) is -1.05. The van der Waals surface area contributed by atoms with Crippen LogP contribution in [0.15, 0.2) is 47.4 Å². The van der Waals surface area contributed by atoms with Crippen LogP contribution in [0, 0.1) is 12.7 Å². The van der Waals surface area contributed by atoms with Crippen LogP contribution in [0.5, 0.6) is 5.75 Å². The zero-order chi connectivity index (χ0) is 20.1. The molecule has 0 spiro atoms. The molecule has 0 radical (unpaired) electrons. The Morgan fingerprint density at radius 2 is 1.96 bits per heavy atom. The van der Waals surface area contributed by atoms with Crippen molar-refractivity contribution in [3.05, 3.63) is 53.8 Å². The summed E-state index contributed by atoms with van der Waals surface area (Å²) in [7, 11) is -3.94. The molecule has 4 rings (SSSR count). The van der Waals surface area contributed by atoms with Crippen LogP contribution in [0.3, 0.4) is 0 Å². The standard InChI is InChI=1S/C20H18F2N2O3S/c1-12-8-19(23-20-9-14(25)2-4-16(12)20)17-5-3-15(10-18(17)22)28(26,27)24-7-6-13(21)11-24/h2-5,8-10,13,25H,6-7,11H2,1H3/t13-/m0/s1. The molecular weight excluding hydrogens is 386 g/mol. The third-order valence-electron chi connectivity index (χ3n) is 4.95. The average Bonchev–Trinajstić information content (AvgIpc) is 3.08. The molecule has 1 N–H and O–H groups in total. The molecule has 2 heterocycles. The summed E-state index contributed by atoms with van der Waals surface area (Å²) < 4.78 is 54.4. The molecule has 0 amide bonds.